The van der Waals surface area contributed by atoms with Crippen LogP contribution in [0.1, 0.15) is 21.5 Å². The summed E-state index contributed by atoms with van der Waals surface area (Å²) in [4.78, 5) is 12.3. The van der Waals surface area contributed by atoms with Crippen LogP contribution in [0.2, 0.25) is 0 Å². The molecular weight excluding hydrogens is 390 g/mol. The Balaban J connectivity index is 1.83. The van der Waals surface area contributed by atoms with E-state index in [-0.39, 0.29) is 0 Å². The Hall–Kier alpha value is -3.16. The third-order valence-corrected chi connectivity index (χ3v) is 4.14. The molecule has 0 atom stereocenters. The fourth-order valence-corrected chi connectivity index (χ4v) is 2.81. The Bertz CT molecular complexity index is 1000. The number of rotatable bonds is 4. The van der Waals surface area contributed by atoms with Crippen LogP contribution in [0.25, 0.3) is 11.6 Å². The maximum atomic E-state index is 12.3. The summed E-state index contributed by atoms with van der Waals surface area (Å²) in [6, 6.07) is 25.7. The molecule has 0 aliphatic rings. The number of hydrogen-bond donors (Lipinski definition) is 0. The summed E-state index contributed by atoms with van der Waals surface area (Å²) >= 11 is 3.34. The summed E-state index contributed by atoms with van der Waals surface area (Å²) in [6.07, 6.45) is 1.77. The van der Waals surface area contributed by atoms with Crippen LogP contribution in [-0.4, -0.2) is 5.97 Å². The lowest BCUT2D eigenvalue weighted by molar-refractivity contribution is 0.0734. The summed E-state index contributed by atoms with van der Waals surface area (Å²) in [5, 5.41) is 9.42. The molecule has 3 aromatic rings. The number of benzene rings is 3. The van der Waals surface area contributed by atoms with Gasteiger partial charge in [0, 0.05) is 4.47 Å². The molecule has 0 spiro atoms. The minimum atomic E-state index is -0.434. The van der Waals surface area contributed by atoms with E-state index in [1.54, 1.807) is 42.5 Å². The van der Waals surface area contributed by atoms with Gasteiger partial charge in [-0.3, -0.25) is 0 Å². The minimum absolute atomic E-state index is 0.425. The van der Waals surface area contributed by atoms with Gasteiger partial charge in [0.15, 0.2) is 0 Å². The summed E-state index contributed by atoms with van der Waals surface area (Å²) in [6.45, 7) is 0. The van der Waals surface area contributed by atoms with Crippen molar-refractivity contribution < 1.29 is 9.53 Å². The SMILES string of the molecule is N#C/C(=C/c1cccc(OC(=O)c2cccc(Br)c2)c1)c1ccccc1. The Morgan fingerprint density at radius 3 is 2.38 bits per heavy atom. The fourth-order valence-electron chi connectivity index (χ4n) is 2.41. The van der Waals surface area contributed by atoms with Crippen LogP contribution in [0, 0.1) is 11.3 Å². The zero-order valence-corrected chi connectivity index (χ0v) is 15.3. The first kappa shape index (κ1) is 17.7. The van der Waals surface area contributed by atoms with Gasteiger partial charge in [0.05, 0.1) is 17.2 Å². The van der Waals surface area contributed by atoms with Gasteiger partial charge in [-0.25, -0.2) is 4.79 Å². The lowest BCUT2D eigenvalue weighted by Gasteiger charge is -2.06. The molecule has 0 amide bonds. The zero-order chi connectivity index (χ0) is 18.4. The van der Waals surface area contributed by atoms with Gasteiger partial charge in [0.25, 0.3) is 0 Å². The van der Waals surface area contributed by atoms with Crippen LogP contribution in [0.4, 0.5) is 0 Å². The minimum Gasteiger partial charge on any atom is -0.423 e. The number of carbonyl (C=O) groups is 1. The second kappa shape index (κ2) is 8.28. The molecule has 0 saturated heterocycles. The van der Waals surface area contributed by atoms with Gasteiger partial charge in [-0.15, -0.1) is 0 Å². The van der Waals surface area contributed by atoms with Gasteiger partial charge < -0.3 is 4.74 Å². The van der Waals surface area contributed by atoms with Crippen LogP contribution >= 0.6 is 15.9 Å². The monoisotopic (exact) mass is 403 g/mol. The smallest absolute Gasteiger partial charge is 0.343 e. The van der Waals surface area contributed by atoms with E-state index in [9.17, 15) is 10.1 Å². The summed E-state index contributed by atoms with van der Waals surface area (Å²) in [5.74, 6) is -0.00919. The number of nitriles is 1. The molecule has 0 heterocycles. The number of carbonyl (C=O) groups excluding carboxylic acids is 1. The summed E-state index contributed by atoms with van der Waals surface area (Å²) in [7, 11) is 0. The van der Waals surface area contributed by atoms with Crippen molar-refractivity contribution >= 4 is 33.5 Å². The van der Waals surface area contributed by atoms with Crippen molar-refractivity contribution in [2.24, 2.45) is 0 Å². The van der Waals surface area contributed by atoms with E-state index in [1.165, 1.54) is 0 Å². The first-order valence-corrected chi connectivity index (χ1v) is 8.70. The molecular formula is C22H14BrNO2. The summed E-state index contributed by atoms with van der Waals surface area (Å²) < 4.78 is 6.26. The largest absolute Gasteiger partial charge is 0.423 e. The first-order chi connectivity index (χ1) is 12.7. The topological polar surface area (TPSA) is 50.1 Å². The van der Waals surface area contributed by atoms with E-state index in [0.29, 0.717) is 16.9 Å². The number of nitrogens with zero attached hydrogens (tertiary/aromatic N) is 1. The van der Waals surface area contributed by atoms with Crippen molar-refractivity contribution in [2.75, 3.05) is 0 Å². The molecule has 26 heavy (non-hydrogen) atoms. The highest BCUT2D eigenvalue weighted by atomic mass is 79.9. The zero-order valence-electron chi connectivity index (χ0n) is 13.7. The molecule has 0 unspecified atom stereocenters. The first-order valence-electron chi connectivity index (χ1n) is 7.91. The second-order valence-electron chi connectivity index (χ2n) is 5.51. The Morgan fingerprint density at radius 1 is 0.923 bits per heavy atom. The van der Waals surface area contributed by atoms with Crippen molar-refractivity contribution in [2.45, 2.75) is 0 Å². The predicted molar refractivity (Wildman–Crippen MR) is 105 cm³/mol. The van der Waals surface area contributed by atoms with E-state index in [1.807, 2.05) is 42.5 Å². The standard InChI is InChI=1S/C22H14BrNO2/c23-20-10-5-9-18(14-20)22(25)26-21-11-4-6-16(13-21)12-19(15-24)17-7-2-1-3-8-17/h1-14H/b19-12-. The molecule has 0 saturated carbocycles. The van der Waals surface area contributed by atoms with Crippen molar-refractivity contribution in [1.82, 2.24) is 0 Å². The molecule has 0 aliphatic carbocycles. The van der Waals surface area contributed by atoms with Gasteiger partial charge in [-0.2, -0.15) is 5.26 Å². The molecule has 3 aromatic carbocycles. The third-order valence-electron chi connectivity index (χ3n) is 3.65. The highest BCUT2D eigenvalue weighted by Gasteiger charge is 2.09. The normalized spacial score (nSPS) is 10.8. The molecule has 0 aromatic heterocycles. The highest BCUT2D eigenvalue weighted by Crippen LogP contribution is 2.21. The quantitative estimate of drug-likeness (QED) is 0.241. The van der Waals surface area contributed by atoms with Gasteiger partial charge >= 0.3 is 5.97 Å². The molecule has 0 fully saturated rings. The Morgan fingerprint density at radius 2 is 1.65 bits per heavy atom. The van der Waals surface area contributed by atoms with Crippen molar-refractivity contribution in [3.8, 4) is 11.8 Å². The molecule has 3 nitrogen and oxygen atoms in total. The summed E-state index contributed by atoms with van der Waals surface area (Å²) in [5.41, 5.74) is 2.62. The molecule has 126 valence electrons. The maximum Gasteiger partial charge on any atom is 0.343 e. The Kier molecular flexibility index (Phi) is 5.62. The van der Waals surface area contributed by atoms with Crippen LogP contribution in [-0.2, 0) is 0 Å². The van der Waals surface area contributed by atoms with Crippen LogP contribution in [0.3, 0.4) is 0 Å². The average Bonchev–Trinajstić information content (AvgIpc) is 2.67. The number of esters is 1. The second-order valence-corrected chi connectivity index (χ2v) is 6.42. The maximum absolute atomic E-state index is 12.3. The third kappa shape index (κ3) is 4.47. The molecule has 0 bridgehead atoms. The van der Waals surface area contributed by atoms with E-state index in [4.69, 9.17) is 4.74 Å². The van der Waals surface area contributed by atoms with Crippen LogP contribution in [0.15, 0.2) is 83.3 Å². The van der Waals surface area contributed by atoms with Crippen molar-refractivity contribution in [3.63, 3.8) is 0 Å². The number of allylic oxidation sites excluding steroid dienone is 1. The lowest BCUT2D eigenvalue weighted by atomic mass is 10.0. The molecule has 0 radical (unpaired) electrons. The number of hydrogen-bond acceptors (Lipinski definition) is 3. The highest BCUT2D eigenvalue weighted by molar-refractivity contribution is 9.10. The predicted octanol–water partition coefficient (Wildman–Crippen LogP) is 5.73. The van der Waals surface area contributed by atoms with Crippen molar-refractivity contribution in [3.05, 3.63) is 100 Å². The van der Waals surface area contributed by atoms with E-state index < -0.39 is 5.97 Å². The van der Waals surface area contributed by atoms with E-state index >= 15 is 0 Å². The van der Waals surface area contributed by atoms with Crippen molar-refractivity contribution in [1.29, 1.82) is 5.26 Å². The van der Waals surface area contributed by atoms with Gasteiger partial charge in [0.2, 0.25) is 0 Å². The van der Waals surface area contributed by atoms with Gasteiger partial charge in [-0.05, 0) is 47.5 Å². The van der Waals surface area contributed by atoms with E-state index in [0.717, 1.165) is 15.6 Å². The number of ether oxygens (including phenoxy) is 1. The Labute approximate surface area is 160 Å². The van der Waals surface area contributed by atoms with E-state index in [2.05, 4.69) is 22.0 Å². The van der Waals surface area contributed by atoms with Crippen LogP contribution in [0.5, 0.6) is 5.75 Å². The average molecular weight is 404 g/mol. The molecule has 0 N–H and O–H groups in total. The molecule has 3 rings (SSSR count). The lowest BCUT2D eigenvalue weighted by Crippen LogP contribution is -2.08. The van der Waals surface area contributed by atoms with Crippen LogP contribution < -0.4 is 4.74 Å². The molecule has 4 heteroatoms. The fraction of sp³-hybridized carbons (Fsp3) is 0. The molecule has 0 aliphatic heterocycles. The number of halogens is 1. The van der Waals surface area contributed by atoms with Gasteiger partial charge in [0.1, 0.15) is 5.75 Å². The van der Waals surface area contributed by atoms with Gasteiger partial charge in [-0.1, -0.05) is 64.5 Å².